The lowest BCUT2D eigenvalue weighted by Gasteiger charge is -2.15. The topological polar surface area (TPSA) is 38.9 Å². The normalized spacial score (nSPS) is 12.0. The Balaban J connectivity index is 2.57. The molecule has 1 aromatic carbocycles. The van der Waals surface area contributed by atoms with Crippen molar-refractivity contribution < 1.29 is 8.78 Å². The number of rotatable bonds is 3. The Hall–Kier alpha value is -1.26. The summed E-state index contributed by atoms with van der Waals surface area (Å²) in [5, 5.41) is 1.41. The van der Waals surface area contributed by atoms with Crippen LogP contribution < -0.4 is 5.73 Å². The molecule has 2 rings (SSSR count). The first-order valence-electron chi connectivity index (χ1n) is 5.18. The lowest BCUT2D eigenvalue weighted by molar-refractivity contribution is -0.0149. The van der Waals surface area contributed by atoms with Crippen LogP contribution in [-0.4, -0.2) is 11.5 Å². The first-order chi connectivity index (χ1) is 8.04. The first-order valence-corrected chi connectivity index (χ1v) is 5.56. The van der Waals surface area contributed by atoms with Crippen molar-refractivity contribution in [3.8, 4) is 0 Å². The average Bonchev–Trinajstić information content (AvgIpc) is 2.29. The summed E-state index contributed by atoms with van der Waals surface area (Å²) in [7, 11) is 0. The molecule has 2 nitrogen and oxygen atoms in total. The van der Waals surface area contributed by atoms with Crippen molar-refractivity contribution >= 4 is 22.4 Å². The van der Waals surface area contributed by atoms with Gasteiger partial charge in [0.25, 0.3) is 5.92 Å². The van der Waals surface area contributed by atoms with Crippen LogP contribution in [0.1, 0.15) is 12.1 Å². The van der Waals surface area contributed by atoms with Gasteiger partial charge in [-0.25, -0.2) is 4.98 Å². The van der Waals surface area contributed by atoms with Gasteiger partial charge in [-0.1, -0.05) is 35.9 Å². The molecule has 0 radical (unpaired) electrons. The van der Waals surface area contributed by atoms with Crippen LogP contribution in [0.5, 0.6) is 0 Å². The van der Waals surface area contributed by atoms with E-state index in [4.69, 9.17) is 17.3 Å². The number of benzene rings is 1. The van der Waals surface area contributed by atoms with E-state index in [1.807, 2.05) is 0 Å². The fourth-order valence-electron chi connectivity index (χ4n) is 1.65. The third-order valence-electron chi connectivity index (χ3n) is 2.53. The molecule has 2 aromatic rings. The molecule has 0 spiro atoms. The Bertz CT molecular complexity index is 543. The number of aromatic nitrogens is 1. The highest BCUT2D eigenvalue weighted by Crippen LogP contribution is 2.33. The van der Waals surface area contributed by atoms with Gasteiger partial charge >= 0.3 is 0 Å². The Kier molecular flexibility index (Phi) is 3.26. The van der Waals surface area contributed by atoms with Gasteiger partial charge in [0, 0.05) is 11.8 Å². The molecule has 0 aliphatic carbocycles. The summed E-state index contributed by atoms with van der Waals surface area (Å²) in [6.07, 6.45) is -0.436. The molecule has 0 unspecified atom stereocenters. The number of nitrogens with zero attached hydrogens (tertiary/aromatic N) is 1. The zero-order valence-corrected chi connectivity index (χ0v) is 9.72. The van der Waals surface area contributed by atoms with Gasteiger partial charge in [0.1, 0.15) is 10.8 Å². The molecular formula is C12H11ClF2N2. The molecule has 0 aliphatic heterocycles. The molecule has 1 heterocycles. The Morgan fingerprint density at radius 2 is 2.00 bits per heavy atom. The average molecular weight is 257 g/mol. The minimum atomic E-state index is -3.04. The van der Waals surface area contributed by atoms with Gasteiger partial charge in [0.15, 0.2) is 0 Å². The second-order valence-electron chi connectivity index (χ2n) is 3.76. The molecule has 2 N–H and O–H groups in total. The molecule has 0 saturated carbocycles. The Morgan fingerprint density at radius 1 is 1.29 bits per heavy atom. The second kappa shape index (κ2) is 4.55. The maximum atomic E-state index is 13.7. The first kappa shape index (κ1) is 12.2. The van der Waals surface area contributed by atoms with Crippen LogP contribution in [0.2, 0.25) is 5.15 Å². The maximum absolute atomic E-state index is 13.7. The summed E-state index contributed by atoms with van der Waals surface area (Å²) in [5.74, 6) is -3.04. The van der Waals surface area contributed by atoms with Crippen LogP contribution in [0.3, 0.4) is 0 Å². The predicted octanol–water partition coefficient (Wildman–Crippen LogP) is 3.33. The molecule has 0 saturated heterocycles. The molecule has 0 fully saturated rings. The van der Waals surface area contributed by atoms with Gasteiger partial charge in [-0.3, -0.25) is 0 Å². The number of alkyl halides is 2. The summed E-state index contributed by atoms with van der Waals surface area (Å²) < 4.78 is 27.3. The highest BCUT2D eigenvalue weighted by Gasteiger charge is 2.32. The molecule has 0 bridgehead atoms. The number of fused-ring (bicyclic) bond motifs is 1. The van der Waals surface area contributed by atoms with Crippen molar-refractivity contribution in [3.63, 3.8) is 0 Å². The fraction of sp³-hybridized carbons (Fsp3) is 0.250. The minimum Gasteiger partial charge on any atom is -0.330 e. The van der Waals surface area contributed by atoms with Crippen molar-refractivity contribution in [1.29, 1.82) is 0 Å². The molecule has 1 aromatic heterocycles. The molecule has 17 heavy (non-hydrogen) atoms. The molecule has 5 heteroatoms. The van der Waals surface area contributed by atoms with Crippen molar-refractivity contribution in [2.24, 2.45) is 5.73 Å². The van der Waals surface area contributed by atoms with Crippen molar-refractivity contribution in [1.82, 2.24) is 4.98 Å². The molecule has 0 aliphatic rings. The largest absolute Gasteiger partial charge is 0.330 e. The quantitative estimate of drug-likeness (QED) is 0.856. The van der Waals surface area contributed by atoms with Gasteiger partial charge in [-0.15, -0.1) is 0 Å². The number of nitrogens with two attached hydrogens (primary N) is 1. The van der Waals surface area contributed by atoms with Gasteiger partial charge in [-0.2, -0.15) is 8.78 Å². The maximum Gasteiger partial charge on any atom is 0.290 e. The fourth-order valence-corrected chi connectivity index (χ4v) is 1.92. The van der Waals surface area contributed by atoms with Crippen molar-refractivity contribution in [2.45, 2.75) is 12.3 Å². The smallest absolute Gasteiger partial charge is 0.290 e. The van der Waals surface area contributed by atoms with Gasteiger partial charge in [-0.05, 0) is 18.0 Å². The van der Waals surface area contributed by atoms with Crippen molar-refractivity contribution in [2.75, 3.05) is 6.54 Å². The lowest BCUT2D eigenvalue weighted by atomic mass is 10.1. The molecule has 0 atom stereocenters. The van der Waals surface area contributed by atoms with Crippen LogP contribution in [-0.2, 0) is 5.92 Å². The summed E-state index contributed by atoms with van der Waals surface area (Å²) in [5.41, 5.74) is 4.83. The second-order valence-corrected chi connectivity index (χ2v) is 4.12. The number of hydrogen-bond acceptors (Lipinski definition) is 2. The van der Waals surface area contributed by atoms with Gasteiger partial charge in [0.2, 0.25) is 0 Å². The zero-order chi connectivity index (χ0) is 12.5. The van der Waals surface area contributed by atoms with Crippen LogP contribution in [0, 0.1) is 0 Å². The van der Waals surface area contributed by atoms with E-state index in [2.05, 4.69) is 4.98 Å². The number of pyridine rings is 1. The minimum absolute atomic E-state index is 0.0924. The standard InChI is InChI=1S/C12H11ClF2N2/c13-11-9-4-2-1-3-8(9)7-10(17-11)12(14,15)5-6-16/h1-4,7H,5-6,16H2. The highest BCUT2D eigenvalue weighted by molar-refractivity contribution is 6.34. The number of halogens is 3. The van der Waals surface area contributed by atoms with E-state index in [-0.39, 0.29) is 17.4 Å². The van der Waals surface area contributed by atoms with E-state index in [0.717, 1.165) is 0 Å². The molecule has 90 valence electrons. The van der Waals surface area contributed by atoms with Gasteiger partial charge in [0.05, 0.1) is 0 Å². The molecular weight excluding hydrogens is 246 g/mol. The van der Waals surface area contributed by atoms with Crippen LogP contribution in [0.25, 0.3) is 10.8 Å². The molecule has 0 amide bonds. The highest BCUT2D eigenvalue weighted by atomic mass is 35.5. The third-order valence-corrected chi connectivity index (χ3v) is 2.82. The zero-order valence-electron chi connectivity index (χ0n) is 8.96. The lowest BCUT2D eigenvalue weighted by Crippen LogP contribution is -2.20. The van der Waals surface area contributed by atoms with Crippen LogP contribution in [0.4, 0.5) is 8.78 Å². The Morgan fingerprint density at radius 3 is 2.71 bits per heavy atom. The third kappa shape index (κ3) is 2.37. The van der Waals surface area contributed by atoms with Crippen molar-refractivity contribution in [3.05, 3.63) is 41.2 Å². The van der Waals surface area contributed by atoms with E-state index in [1.54, 1.807) is 24.3 Å². The van der Waals surface area contributed by atoms with E-state index in [9.17, 15) is 8.78 Å². The Labute approximate surface area is 102 Å². The monoisotopic (exact) mass is 256 g/mol. The van der Waals surface area contributed by atoms with E-state index < -0.39 is 12.3 Å². The summed E-state index contributed by atoms with van der Waals surface area (Å²) in [4.78, 5) is 3.75. The summed E-state index contributed by atoms with van der Waals surface area (Å²) >= 11 is 5.89. The van der Waals surface area contributed by atoms with E-state index >= 15 is 0 Å². The van der Waals surface area contributed by atoms with E-state index in [1.165, 1.54) is 6.07 Å². The van der Waals surface area contributed by atoms with Crippen LogP contribution >= 0.6 is 11.6 Å². The summed E-state index contributed by atoms with van der Waals surface area (Å²) in [6, 6.07) is 8.38. The number of hydrogen-bond donors (Lipinski definition) is 1. The van der Waals surface area contributed by atoms with Gasteiger partial charge < -0.3 is 5.73 Å². The SMILES string of the molecule is NCCC(F)(F)c1cc2ccccc2c(Cl)n1. The van der Waals surface area contributed by atoms with E-state index in [0.29, 0.717) is 10.8 Å². The predicted molar refractivity (Wildman–Crippen MR) is 64.3 cm³/mol. The summed E-state index contributed by atoms with van der Waals surface area (Å²) in [6.45, 7) is -0.0981. The van der Waals surface area contributed by atoms with Crippen LogP contribution in [0.15, 0.2) is 30.3 Å².